The Hall–Kier alpha value is -1.85. The van der Waals surface area contributed by atoms with Crippen LogP contribution in [0.15, 0.2) is 30.5 Å². The zero-order valence-corrected chi connectivity index (χ0v) is 8.45. The van der Waals surface area contributed by atoms with E-state index in [2.05, 4.69) is 16.8 Å². The van der Waals surface area contributed by atoms with E-state index in [4.69, 9.17) is 11.6 Å². The molecule has 0 aliphatic rings. The molecule has 0 fully saturated rings. The molecule has 15 heavy (non-hydrogen) atoms. The summed E-state index contributed by atoms with van der Waals surface area (Å²) in [6.45, 7) is 0. The second-order valence-electron chi connectivity index (χ2n) is 2.91. The average Bonchev–Trinajstić information content (AvgIpc) is 2.25. The van der Waals surface area contributed by atoms with Gasteiger partial charge in [-0.2, -0.15) is 0 Å². The summed E-state index contributed by atoms with van der Waals surface area (Å²) in [7, 11) is 0. The van der Waals surface area contributed by atoms with Crippen LogP contribution in [0.4, 0.5) is 0 Å². The Balaban J connectivity index is 2.71. The molecule has 0 bridgehead atoms. The highest BCUT2D eigenvalue weighted by atomic mass is 35.5. The number of halogens is 1. The number of carbonyl (C=O) groups is 1. The monoisotopic (exact) mass is 215 g/mol. The number of fused-ring (bicyclic) bond motifs is 1. The third-order valence-corrected chi connectivity index (χ3v) is 2.21. The molecule has 0 radical (unpaired) electrons. The van der Waals surface area contributed by atoms with Crippen LogP contribution < -0.4 is 0 Å². The Labute approximate surface area is 91.9 Å². The molecule has 2 rings (SSSR count). The minimum atomic E-state index is 0.572. The molecule has 0 N–H and O–H groups in total. The van der Waals surface area contributed by atoms with E-state index in [-0.39, 0.29) is 0 Å². The lowest BCUT2D eigenvalue weighted by atomic mass is 10.1. The van der Waals surface area contributed by atoms with Crippen LogP contribution in [0.5, 0.6) is 0 Å². The highest BCUT2D eigenvalue weighted by Gasteiger charge is 1.99. The molecule has 0 aliphatic carbocycles. The first-order valence-electron chi connectivity index (χ1n) is 4.31. The van der Waals surface area contributed by atoms with Gasteiger partial charge in [0.05, 0.1) is 5.52 Å². The first-order chi connectivity index (χ1) is 7.31. The van der Waals surface area contributed by atoms with Crippen molar-refractivity contribution in [2.75, 3.05) is 0 Å². The topological polar surface area (TPSA) is 30.0 Å². The molecular formula is C12H6ClNO. The van der Waals surface area contributed by atoms with Crippen molar-refractivity contribution in [1.29, 1.82) is 0 Å². The number of aromatic nitrogens is 1. The third kappa shape index (κ3) is 1.98. The number of hydrogen-bond donors (Lipinski definition) is 0. The van der Waals surface area contributed by atoms with E-state index in [1.807, 2.05) is 6.07 Å². The first kappa shape index (κ1) is 9.70. The van der Waals surface area contributed by atoms with E-state index in [9.17, 15) is 4.79 Å². The minimum Gasteiger partial charge on any atom is -0.289 e. The van der Waals surface area contributed by atoms with Gasteiger partial charge in [-0.15, -0.1) is 0 Å². The van der Waals surface area contributed by atoms with Crippen molar-refractivity contribution in [3.05, 3.63) is 41.0 Å². The molecule has 0 amide bonds. The number of benzene rings is 1. The SMILES string of the molecule is O=CC#Cc1ccnc2cc(Cl)ccc12. The maximum absolute atomic E-state index is 10.2. The number of aldehydes is 1. The van der Waals surface area contributed by atoms with Crippen molar-refractivity contribution in [2.45, 2.75) is 0 Å². The van der Waals surface area contributed by atoms with Gasteiger partial charge in [0.2, 0.25) is 0 Å². The van der Waals surface area contributed by atoms with Crippen LogP contribution in [0.25, 0.3) is 10.9 Å². The Morgan fingerprint density at radius 2 is 2.20 bits per heavy atom. The van der Waals surface area contributed by atoms with E-state index in [0.717, 1.165) is 16.5 Å². The molecule has 3 heteroatoms. The smallest absolute Gasteiger partial charge is 0.193 e. The van der Waals surface area contributed by atoms with Gasteiger partial charge in [-0.3, -0.25) is 9.78 Å². The van der Waals surface area contributed by atoms with Crippen LogP contribution in [0.1, 0.15) is 5.56 Å². The number of rotatable bonds is 0. The molecule has 0 unspecified atom stereocenters. The molecule has 0 saturated carbocycles. The molecule has 1 aromatic heterocycles. The summed E-state index contributed by atoms with van der Waals surface area (Å²) in [4.78, 5) is 14.3. The molecule has 0 saturated heterocycles. The molecule has 1 heterocycles. The van der Waals surface area contributed by atoms with Crippen molar-refractivity contribution in [3.63, 3.8) is 0 Å². The predicted octanol–water partition coefficient (Wildman–Crippen LogP) is 2.44. The van der Waals surface area contributed by atoms with Gasteiger partial charge >= 0.3 is 0 Å². The highest BCUT2D eigenvalue weighted by molar-refractivity contribution is 6.31. The van der Waals surface area contributed by atoms with Gasteiger partial charge in [0, 0.05) is 22.2 Å². The molecule has 2 nitrogen and oxygen atoms in total. The van der Waals surface area contributed by atoms with Crippen LogP contribution in [0.2, 0.25) is 5.02 Å². The maximum Gasteiger partial charge on any atom is 0.193 e. The van der Waals surface area contributed by atoms with Gasteiger partial charge in [0.25, 0.3) is 0 Å². The number of pyridine rings is 1. The van der Waals surface area contributed by atoms with Crippen LogP contribution in [0, 0.1) is 11.8 Å². The summed E-state index contributed by atoms with van der Waals surface area (Å²) in [5.41, 5.74) is 1.56. The zero-order valence-electron chi connectivity index (χ0n) is 7.70. The largest absolute Gasteiger partial charge is 0.289 e. The fourth-order valence-electron chi connectivity index (χ4n) is 1.34. The van der Waals surface area contributed by atoms with E-state index < -0.39 is 0 Å². The minimum absolute atomic E-state index is 0.572. The molecule has 2 aromatic rings. The number of nitrogens with zero attached hydrogens (tertiary/aromatic N) is 1. The summed E-state index contributed by atoms with van der Waals surface area (Å²) in [6.07, 6.45) is 2.22. The van der Waals surface area contributed by atoms with Crippen LogP contribution in [0.3, 0.4) is 0 Å². The predicted molar refractivity (Wildman–Crippen MR) is 59.7 cm³/mol. The Bertz CT molecular complexity index is 581. The summed E-state index contributed by atoms with van der Waals surface area (Å²) >= 11 is 5.84. The van der Waals surface area contributed by atoms with Gasteiger partial charge in [-0.05, 0) is 24.1 Å². The van der Waals surface area contributed by atoms with E-state index in [1.54, 1.807) is 24.4 Å². The lowest BCUT2D eigenvalue weighted by Gasteiger charge is -1.99. The lowest BCUT2D eigenvalue weighted by Crippen LogP contribution is -1.83. The first-order valence-corrected chi connectivity index (χ1v) is 4.68. The fourth-order valence-corrected chi connectivity index (χ4v) is 1.50. The second-order valence-corrected chi connectivity index (χ2v) is 3.34. The summed E-state index contributed by atoms with van der Waals surface area (Å²) in [6, 6.07) is 7.16. The summed E-state index contributed by atoms with van der Waals surface area (Å²) in [5, 5.41) is 1.53. The van der Waals surface area contributed by atoms with E-state index >= 15 is 0 Å². The Morgan fingerprint density at radius 3 is 3.00 bits per heavy atom. The lowest BCUT2D eigenvalue weighted by molar-refractivity contribution is -0.103. The van der Waals surface area contributed by atoms with Gasteiger partial charge in [-0.25, -0.2) is 0 Å². The van der Waals surface area contributed by atoms with Crippen LogP contribution >= 0.6 is 11.6 Å². The Morgan fingerprint density at radius 1 is 1.33 bits per heavy atom. The van der Waals surface area contributed by atoms with Crippen LogP contribution in [-0.2, 0) is 4.79 Å². The summed E-state index contributed by atoms with van der Waals surface area (Å²) < 4.78 is 0. The molecular weight excluding hydrogens is 210 g/mol. The normalized spacial score (nSPS) is 9.40. The van der Waals surface area contributed by atoms with Gasteiger partial charge < -0.3 is 0 Å². The highest BCUT2D eigenvalue weighted by Crippen LogP contribution is 2.19. The molecule has 0 aliphatic heterocycles. The van der Waals surface area contributed by atoms with Gasteiger partial charge in [-0.1, -0.05) is 23.6 Å². The number of carbonyl (C=O) groups excluding carboxylic acids is 1. The molecule has 72 valence electrons. The van der Waals surface area contributed by atoms with Crippen molar-refractivity contribution >= 4 is 28.8 Å². The van der Waals surface area contributed by atoms with Crippen molar-refractivity contribution in [3.8, 4) is 11.8 Å². The standard InChI is InChI=1S/C12H6ClNO/c13-10-3-4-11-9(2-1-7-15)5-6-14-12(11)8-10/h3-8H. The molecule has 1 aromatic carbocycles. The van der Waals surface area contributed by atoms with Crippen LogP contribution in [-0.4, -0.2) is 11.3 Å². The zero-order chi connectivity index (χ0) is 10.7. The number of hydrogen-bond acceptors (Lipinski definition) is 2. The Kier molecular flexibility index (Phi) is 2.66. The third-order valence-electron chi connectivity index (χ3n) is 1.97. The van der Waals surface area contributed by atoms with Crippen molar-refractivity contribution in [1.82, 2.24) is 4.98 Å². The van der Waals surface area contributed by atoms with E-state index in [1.165, 1.54) is 0 Å². The average molecular weight is 216 g/mol. The molecule has 0 spiro atoms. The van der Waals surface area contributed by atoms with Crippen molar-refractivity contribution < 1.29 is 4.79 Å². The maximum atomic E-state index is 10.2. The quantitative estimate of drug-likeness (QED) is 0.499. The second kappa shape index (κ2) is 4.12. The van der Waals surface area contributed by atoms with Gasteiger partial charge in [0.15, 0.2) is 6.29 Å². The van der Waals surface area contributed by atoms with Crippen molar-refractivity contribution in [2.24, 2.45) is 0 Å². The fraction of sp³-hybridized carbons (Fsp3) is 0. The summed E-state index contributed by atoms with van der Waals surface area (Å²) in [5.74, 6) is 5.14. The van der Waals surface area contributed by atoms with Gasteiger partial charge in [0.1, 0.15) is 0 Å². The van der Waals surface area contributed by atoms with E-state index in [0.29, 0.717) is 11.3 Å². The molecule has 0 atom stereocenters.